The molecule has 48 heavy (non-hydrogen) atoms. The van der Waals surface area contributed by atoms with E-state index in [9.17, 15) is 51.1 Å². The van der Waals surface area contributed by atoms with Crippen molar-refractivity contribution in [2.24, 2.45) is 23.7 Å². The van der Waals surface area contributed by atoms with E-state index in [1.807, 2.05) is 0 Å². The molecule has 0 aromatic carbocycles. The second-order valence-corrected chi connectivity index (χ2v) is 12.0. The summed E-state index contributed by atoms with van der Waals surface area (Å²) in [4.78, 5) is 0. The second-order valence-electron chi connectivity index (χ2n) is 11.2. The van der Waals surface area contributed by atoms with Gasteiger partial charge in [0, 0.05) is 37.3 Å². The minimum atomic E-state index is -3.11. The lowest BCUT2D eigenvalue weighted by molar-refractivity contribution is -0.460. The average molecular weight is 751 g/mol. The third kappa shape index (κ3) is 17.0. The lowest BCUT2D eigenvalue weighted by atomic mass is 9.87. The Kier molecular flexibility index (Phi) is 25.1. The fourth-order valence-corrected chi connectivity index (χ4v) is 5.43. The molecule has 0 spiro atoms. The minimum absolute atomic E-state index is 0.122. The summed E-state index contributed by atoms with van der Waals surface area (Å²) in [6.45, 7) is -2.37. The molecule has 2 saturated carbocycles. The summed E-state index contributed by atoms with van der Waals surface area (Å²) < 4.78 is 50.7. The summed E-state index contributed by atoms with van der Waals surface area (Å²) in [7, 11) is -6.22. The van der Waals surface area contributed by atoms with Gasteiger partial charge in [0.15, 0.2) is 0 Å². The predicted molar refractivity (Wildman–Crippen MR) is 148 cm³/mol. The van der Waals surface area contributed by atoms with Gasteiger partial charge in [-0.15, -0.1) is 25.3 Å². The Labute approximate surface area is 277 Å². The fraction of sp³-hybridized carbons (Fsp3) is 1.00. The molecule has 0 radical (unpaired) electrons. The predicted octanol–water partition coefficient (Wildman–Crippen LogP) is -10.9. The van der Waals surface area contributed by atoms with Gasteiger partial charge in [0.05, 0.1) is 49.8 Å². The molecular weight excluding hydrogens is 704 g/mol. The minimum Gasteiger partial charge on any atom is -0.848 e. The van der Waals surface area contributed by atoms with Crippen LogP contribution in [0.1, 0.15) is 25.7 Å². The molecule has 16 atom stereocenters. The van der Waals surface area contributed by atoms with Gasteiger partial charge in [-0.25, -0.2) is 0 Å². The highest BCUT2D eigenvalue weighted by molar-refractivity contribution is 7.59. The molecule has 0 saturated heterocycles. The first-order valence-electron chi connectivity index (χ1n) is 14.2. The topological polar surface area (TPSA) is 432 Å². The van der Waals surface area contributed by atoms with Gasteiger partial charge in [-0.05, 0) is 37.5 Å². The Hall–Kier alpha value is -1.40. The Bertz CT molecular complexity index is 982. The Morgan fingerprint density at radius 2 is 0.771 bits per heavy atom. The zero-order valence-electron chi connectivity index (χ0n) is 25.2. The number of rotatable bonds is 14. The van der Waals surface area contributed by atoms with Crippen LogP contribution < -0.4 is 10.2 Å². The van der Waals surface area contributed by atoms with Gasteiger partial charge in [0.25, 0.3) is 0 Å². The highest BCUT2D eigenvalue weighted by Crippen LogP contribution is 2.37. The summed E-state index contributed by atoms with van der Waals surface area (Å²) in [6.07, 6.45) is -18.1. The average Bonchev–Trinajstić information content (AvgIpc) is 3.44. The van der Waals surface area contributed by atoms with Crippen molar-refractivity contribution in [1.29, 1.82) is 0 Å². The van der Waals surface area contributed by atoms with E-state index in [-0.39, 0.29) is 38.9 Å². The van der Waals surface area contributed by atoms with Gasteiger partial charge >= 0.3 is 21.2 Å². The molecular formula is C24H46O22S2-2. The maximum absolute atomic E-state index is 11.7. The highest BCUT2D eigenvalue weighted by Gasteiger charge is 2.43. The molecule has 2 fully saturated rings. The molecule has 0 bridgehead atoms. The number of aliphatic hydroxyl groups excluding tert-OH is 14. The molecule has 22 nitrogen and oxygen atoms in total. The maximum atomic E-state index is 11.7. The van der Waals surface area contributed by atoms with Gasteiger partial charge < -0.3 is 81.7 Å². The summed E-state index contributed by atoms with van der Waals surface area (Å²) >= 11 is 0. The molecule has 14 N–H and O–H groups in total. The van der Waals surface area contributed by atoms with Crippen molar-refractivity contribution in [2.75, 3.05) is 26.4 Å². The summed E-state index contributed by atoms with van der Waals surface area (Å²) in [5, 5.41) is 154. The normalized spacial score (nSPS) is 31.5. The van der Waals surface area contributed by atoms with Crippen LogP contribution in [0, 0.1) is 23.7 Å². The van der Waals surface area contributed by atoms with Gasteiger partial charge in [0.1, 0.15) is 12.2 Å². The molecule has 2 aliphatic rings. The van der Waals surface area contributed by atoms with E-state index in [2.05, 4.69) is 0 Å². The van der Waals surface area contributed by atoms with Gasteiger partial charge in [-0.1, -0.05) is 12.2 Å². The monoisotopic (exact) mass is 750 g/mol. The van der Waals surface area contributed by atoms with E-state index in [1.54, 1.807) is 0 Å². The third-order valence-electron chi connectivity index (χ3n) is 8.07. The van der Waals surface area contributed by atoms with Crippen molar-refractivity contribution in [3.8, 4) is 0 Å². The van der Waals surface area contributed by atoms with Crippen LogP contribution in [-0.4, -0.2) is 196 Å². The first kappa shape index (κ1) is 48.7. The molecule has 2 aliphatic carbocycles. The SMILES string of the molecule is O=S(=O)=O.O=S(=O)=O.[O-][C@@H]([C@H](O)[C@@H](O)CO)[C@H](O)C[C@@H]1C[C@@H](O)[C@H](O)[C@H]1CO.[O-][C@H]([C@H](O)[C@@H](O)CO)[C@H](O)C[C@@H]1C[C@@H](O)[C@H](O)[C@H]1CO. The lowest BCUT2D eigenvalue weighted by Crippen LogP contribution is -2.54. The molecule has 0 aliphatic heterocycles. The molecule has 2 rings (SSSR count). The van der Waals surface area contributed by atoms with Crippen molar-refractivity contribution in [3.63, 3.8) is 0 Å². The van der Waals surface area contributed by atoms with E-state index in [0.717, 1.165) is 0 Å². The Morgan fingerprint density at radius 3 is 0.979 bits per heavy atom. The van der Waals surface area contributed by atoms with Crippen molar-refractivity contribution in [3.05, 3.63) is 0 Å². The largest absolute Gasteiger partial charge is 0.848 e. The molecule has 0 heterocycles. The maximum Gasteiger partial charge on any atom is 0.425 e. The number of hydrogen-bond donors (Lipinski definition) is 14. The fourth-order valence-electron chi connectivity index (χ4n) is 5.43. The van der Waals surface area contributed by atoms with Crippen molar-refractivity contribution in [1.82, 2.24) is 0 Å². The molecule has 0 aromatic heterocycles. The van der Waals surface area contributed by atoms with Crippen LogP contribution >= 0.6 is 0 Å². The standard InChI is InChI=1S/2C12H23O8.2O3S/c2*13-3-6-5(1-7(15)10(6)18)2-8(16)11(19)12(20)9(17)4-14;2*1-4(2)3/h2*5-18,20H,1-4H2;;/q2*-1;;/t5-,6-,7+,8+,9-,10+,11+,12+;5-,6-,7+,8+,9-,10+,11-,12+;;/m00../s1. The lowest BCUT2D eigenvalue weighted by Gasteiger charge is -2.36. The van der Waals surface area contributed by atoms with Crippen LogP contribution in [0.25, 0.3) is 0 Å². The van der Waals surface area contributed by atoms with E-state index in [4.69, 9.17) is 55.9 Å². The first-order chi connectivity index (χ1) is 22.1. The molecule has 0 aromatic rings. The first-order valence-corrected chi connectivity index (χ1v) is 16.2. The van der Waals surface area contributed by atoms with E-state index >= 15 is 0 Å². The van der Waals surface area contributed by atoms with Crippen molar-refractivity contribution >= 4 is 21.2 Å². The molecule has 0 amide bonds. The van der Waals surface area contributed by atoms with E-state index in [1.165, 1.54) is 0 Å². The zero-order chi connectivity index (χ0) is 38.0. The van der Waals surface area contributed by atoms with Crippen molar-refractivity contribution < 1.29 is 107 Å². The summed E-state index contributed by atoms with van der Waals surface area (Å²) in [5.41, 5.74) is 0. The third-order valence-corrected chi connectivity index (χ3v) is 8.07. The molecule has 0 unspecified atom stereocenters. The van der Waals surface area contributed by atoms with Gasteiger partial charge in [0.2, 0.25) is 0 Å². The van der Waals surface area contributed by atoms with Crippen LogP contribution in [0.5, 0.6) is 0 Å². The summed E-state index contributed by atoms with van der Waals surface area (Å²) in [5.74, 6) is -2.22. The molecule has 288 valence electrons. The van der Waals surface area contributed by atoms with Crippen LogP contribution in [0.3, 0.4) is 0 Å². The van der Waals surface area contributed by atoms with Crippen LogP contribution in [0.15, 0.2) is 0 Å². The Balaban J connectivity index is 0. The van der Waals surface area contributed by atoms with Crippen LogP contribution in [0.2, 0.25) is 0 Å². The highest BCUT2D eigenvalue weighted by atomic mass is 32.2. The molecule has 24 heteroatoms. The Morgan fingerprint density at radius 1 is 0.521 bits per heavy atom. The van der Waals surface area contributed by atoms with Crippen molar-refractivity contribution in [2.45, 2.75) is 98.9 Å². The van der Waals surface area contributed by atoms with Crippen LogP contribution in [-0.2, 0) is 21.2 Å². The summed E-state index contributed by atoms with van der Waals surface area (Å²) in [6, 6.07) is 0. The van der Waals surface area contributed by atoms with Gasteiger partial charge in [-0.3, -0.25) is 0 Å². The van der Waals surface area contributed by atoms with E-state index < -0.39 is 131 Å². The zero-order valence-corrected chi connectivity index (χ0v) is 26.9. The number of hydrogen-bond acceptors (Lipinski definition) is 22. The smallest absolute Gasteiger partial charge is 0.425 e. The second kappa shape index (κ2) is 24.7. The van der Waals surface area contributed by atoms with Gasteiger partial charge in [-0.2, -0.15) is 0 Å². The number of aliphatic hydroxyl groups is 14. The van der Waals surface area contributed by atoms with Crippen LogP contribution in [0.4, 0.5) is 0 Å². The quantitative estimate of drug-likeness (QED) is 0.0783. The van der Waals surface area contributed by atoms with E-state index in [0.29, 0.717) is 0 Å².